The average molecular weight is 345 g/mol. The number of nitrogens with zero attached hydrogens (tertiary/aromatic N) is 1. The minimum Gasteiger partial charge on any atom is -0.361 e. The van der Waals surface area contributed by atoms with E-state index in [-0.39, 0.29) is 12.3 Å². The number of hydrogen-bond donors (Lipinski definition) is 3. The highest BCUT2D eigenvalue weighted by atomic mass is 16.5. The average Bonchev–Trinajstić information content (AvgIpc) is 3.01. The molecule has 0 spiro atoms. The van der Waals surface area contributed by atoms with Gasteiger partial charge in [0, 0.05) is 43.0 Å². The number of hydroxylamine groups is 1. The number of para-hydroxylation sites is 1. The lowest BCUT2D eigenvalue weighted by molar-refractivity contribution is -0.140. The van der Waals surface area contributed by atoms with Crippen LogP contribution in [0.2, 0.25) is 0 Å². The van der Waals surface area contributed by atoms with Crippen molar-refractivity contribution < 1.29 is 14.8 Å². The van der Waals surface area contributed by atoms with Crippen molar-refractivity contribution in [3.05, 3.63) is 36.0 Å². The molecule has 0 saturated heterocycles. The van der Waals surface area contributed by atoms with E-state index >= 15 is 0 Å². The predicted molar refractivity (Wildman–Crippen MR) is 97.1 cm³/mol. The van der Waals surface area contributed by atoms with E-state index in [0.29, 0.717) is 18.9 Å². The SMILES string of the molecule is CC(C)CC(CC(=O)NO)C(=O)N(C)CCc1c[nH]c2ccccc12. The Morgan fingerprint density at radius 3 is 2.68 bits per heavy atom. The molecule has 0 radical (unpaired) electrons. The highest BCUT2D eigenvalue weighted by Crippen LogP contribution is 2.20. The van der Waals surface area contributed by atoms with E-state index in [9.17, 15) is 9.59 Å². The quantitative estimate of drug-likeness (QED) is 0.508. The summed E-state index contributed by atoms with van der Waals surface area (Å²) in [5, 5.41) is 9.91. The number of aromatic amines is 1. The van der Waals surface area contributed by atoms with Gasteiger partial charge in [-0.1, -0.05) is 32.0 Å². The maximum atomic E-state index is 12.7. The standard InChI is InChI=1S/C19H27N3O3/c1-13(2)10-15(11-18(23)21-25)19(24)22(3)9-8-14-12-20-17-7-5-4-6-16(14)17/h4-7,12-13,15,20,25H,8-11H2,1-3H3,(H,21,23). The molecule has 0 saturated carbocycles. The number of fused-ring (bicyclic) bond motifs is 1. The number of aromatic nitrogens is 1. The highest BCUT2D eigenvalue weighted by molar-refractivity contribution is 5.85. The van der Waals surface area contributed by atoms with Gasteiger partial charge in [0.2, 0.25) is 11.8 Å². The molecule has 6 nitrogen and oxygen atoms in total. The van der Waals surface area contributed by atoms with Crippen LogP contribution in [0, 0.1) is 11.8 Å². The second-order valence-electron chi connectivity index (χ2n) is 6.93. The fraction of sp³-hybridized carbons (Fsp3) is 0.474. The summed E-state index contributed by atoms with van der Waals surface area (Å²) < 4.78 is 0. The van der Waals surface area contributed by atoms with Gasteiger partial charge in [-0.3, -0.25) is 14.8 Å². The highest BCUT2D eigenvalue weighted by Gasteiger charge is 2.25. The number of hydrogen-bond acceptors (Lipinski definition) is 3. The molecule has 136 valence electrons. The zero-order valence-electron chi connectivity index (χ0n) is 15.1. The molecule has 0 aliphatic heterocycles. The van der Waals surface area contributed by atoms with Crippen LogP contribution >= 0.6 is 0 Å². The van der Waals surface area contributed by atoms with Gasteiger partial charge in [0.05, 0.1) is 0 Å². The Balaban J connectivity index is 2.00. The maximum absolute atomic E-state index is 12.7. The van der Waals surface area contributed by atoms with Crippen LogP contribution in [-0.4, -0.2) is 40.5 Å². The number of rotatable bonds is 8. The molecule has 1 unspecified atom stereocenters. The van der Waals surface area contributed by atoms with Gasteiger partial charge in [0.25, 0.3) is 0 Å². The van der Waals surface area contributed by atoms with Crippen LogP contribution in [0.25, 0.3) is 10.9 Å². The second-order valence-corrected chi connectivity index (χ2v) is 6.93. The maximum Gasteiger partial charge on any atom is 0.244 e. The molecule has 6 heteroatoms. The number of likely N-dealkylation sites (N-methyl/N-ethyl adjacent to an activating group) is 1. The molecule has 1 heterocycles. The van der Waals surface area contributed by atoms with E-state index in [1.807, 2.05) is 38.2 Å². The molecule has 25 heavy (non-hydrogen) atoms. The Morgan fingerprint density at radius 2 is 2.00 bits per heavy atom. The van der Waals surface area contributed by atoms with Crippen LogP contribution in [0.5, 0.6) is 0 Å². The van der Waals surface area contributed by atoms with E-state index in [4.69, 9.17) is 5.21 Å². The van der Waals surface area contributed by atoms with Gasteiger partial charge < -0.3 is 9.88 Å². The molecule has 0 aliphatic carbocycles. The van der Waals surface area contributed by atoms with Gasteiger partial charge in [-0.25, -0.2) is 5.48 Å². The Kier molecular flexibility index (Phi) is 6.58. The fourth-order valence-corrected chi connectivity index (χ4v) is 3.16. The van der Waals surface area contributed by atoms with Crippen molar-refractivity contribution in [2.75, 3.05) is 13.6 Å². The minimum atomic E-state index is -0.524. The minimum absolute atomic E-state index is 0.00490. The molecule has 1 aromatic heterocycles. The molecule has 1 atom stereocenters. The summed E-state index contributed by atoms with van der Waals surface area (Å²) >= 11 is 0. The summed E-state index contributed by atoms with van der Waals surface area (Å²) in [7, 11) is 1.77. The summed E-state index contributed by atoms with van der Waals surface area (Å²) in [6.45, 7) is 4.61. The molecule has 1 aromatic carbocycles. The van der Waals surface area contributed by atoms with E-state index in [1.165, 1.54) is 10.9 Å². The zero-order valence-corrected chi connectivity index (χ0v) is 15.1. The lowest BCUT2D eigenvalue weighted by Crippen LogP contribution is -2.37. The van der Waals surface area contributed by atoms with Crippen LogP contribution in [-0.2, 0) is 16.0 Å². The normalized spacial score (nSPS) is 12.4. The largest absolute Gasteiger partial charge is 0.361 e. The number of amides is 2. The third-order valence-electron chi connectivity index (χ3n) is 4.43. The third kappa shape index (κ3) is 5.06. The van der Waals surface area contributed by atoms with Crippen molar-refractivity contribution in [3.8, 4) is 0 Å². The van der Waals surface area contributed by atoms with E-state index in [2.05, 4.69) is 11.1 Å². The smallest absolute Gasteiger partial charge is 0.244 e. The van der Waals surface area contributed by atoms with Gasteiger partial charge in [0.1, 0.15) is 0 Å². The zero-order chi connectivity index (χ0) is 18.4. The first-order valence-corrected chi connectivity index (χ1v) is 8.65. The lowest BCUT2D eigenvalue weighted by Gasteiger charge is -2.24. The third-order valence-corrected chi connectivity index (χ3v) is 4.43. The van der Waals surface area contributed by atoms with E-state index in [0.717, 1.165) is 11.9 Å². The van der Waals surface area contributed by atoms with Crippen molar-refractivity contribution >= 4 is 22.7 Å². The van der Waals surface area contributed by atoms with Crippen LogP contribution in [0.1, 0.15) is 32.3 Å². The molecule has 2 rings (SSSR count). The molecular weight excluding hydrogens is 318 g/mol. The molecule has 2 aromatic rings. The van der Waals surface area contributed by atoms with Gasteiger partial charge >= 0.3 is 0 Å². The summed E-state index contributed by atoms with van der Waals surface area (Å²) in [5.41, 5.74) is 3.88. The lowest BCUT2D eigenvalue weighted by atomic mass is 9.92. The Hall–Kier alpha value is -2.34. The molecule has 3 N–H and O–H groups in total. The van der Waals surface area contributed by atoms with Gasteiger partial charge in [-0.2, -0.15) is 0 Å². The first kappa shape index (κ1) is 19.0. The van der Waals surface area contributed by atoms with Gasteiger partial charge in [-0.15, -0.1) is 0 Å². The molecule has 0 fully saturated rings. The van der Waals surface area contributed by atoms with Crippen LogP contribution < -0.4 is 5.48 Å². The first-order chi connectivity index (χ1) is 11.9. The van der Waals surface area contributed by atoms with Crippen molar-refractivity contribution in [1.29, 1.82) is 0 Å². The van der Waals surface area contributed by atoms with Crippen molar-refractivity contribution in [2.24, 2.45) is 11.8 Å². The van der Waals surface area contributed by atoms with Gasteiger partial charge in [-0.05, 0) is 30.4 Å². The molecular formula is C19H27N3O3. The van der Waals surface area contributed by atoms with E-state index in [1.54, 1.807) is 17.4 Å². The van der Waals surface area contributed by atoms with Crippen LogP contribution in [0.3, 0.4) is 0 Å². The fourth-order valence-electron chi connectivity index (χ4n) is 3.16. The van der Waals surface area contributed by atoms with E-state index < -0.39 is 11.8 Å². The summed E-state index contributed by atoms with van der Waals surface area (Å²) in [6.07, 6.45) is 3.34. The molecule has 2 amide bonds. The summed E-state index contributed by atoms with van der Waals surface area (Å²) in [5.74, 6) is -0.705. The Bertz CT molecular complexity index is 724. The predicted octanol–water partition coefficient (Wildman–Crippen LogP) is 2.73. The molecule has 0 aliphatic rings. The van der Waals surface area contributed by atoms with Crippen LogP contribution in [0.15, 0.2) is 30.5 Å². The van der Waals surface area contributed by atoms with Gasteiger partial charge in [0.15, 0.2) is 0 Å². The second kappa shape index (κ2) is 8.67. The summed E-state index contributed by atoms with van der Waals surface area (Å²) in [6, 6.07) is 8.08. The number of H-pyrrole nitrogens is 1. The number of nitrogens with one attached hydrogen (secondary N) is 2. The number of carbonyl (C=O) groups is 2. The van der Waals surface area contributed by atoms with Crippen LogP contribution in [0.4, 0.5) is 0 Å². The molecule has 0 bridgehead atoms. The van der Waals surface area contributed by atoms with Crippen molar-refractivity contribution in [3.63, 3.8) is 0 Å². The topological polar surface area (TPSA) is 85.4 Å². The monoisotopic (exact) mass is 345 g/mol. The van der Waals surface area contributed by atoms with Crippen molar-refractivity contribution in [2.45, 2.75) is 33.1 Å². The number of carbonyl (C=O) groups excluding carboxylic acids is 2. The Labute approximate surface area is 148 Å². The van der Waals surface area contributed by atoms with Crippen molar-refractivity contribution in [1.82, 2.24) is 15.4 Å². The summed E-state index contributed by atoms with van der Waals surface area (Å²) in [4.78, 5) is 29.1. The Morgan fingerprint density at radius 1 is 1.28 bits per heavy atom. The number of benzene rings is 1. The first-order valence-electron chi connectivity index (χ1n) is 8.65.